The van der Waals surface area contributed by atoms with Crippen LogP contribution in [0.2, 0.25) is 5.02 Å². The van der Waals surface area contributed by atoms with Crippen molar-refractivity contribution in [3.63, 3.8) is 0 Å². The Bertz CT molecular complexity index is 1120. The first-order valence-corrected chi connectivity index (χ1v) is 14.6. The summed E-state index contributed by atoms with van der Waals surface area (Å²) in [6.45, 7) is 8.03. The summed E-state index contributed by atoms with van der Waals surface area (Å²) in [5.74, 6) is -0.454. The number of benzene rings is 2. The average molecular weight is 536 g/mol. The predicted octanol–water partition coefficient (Wildman–Crippen LogP) is 4.78. The molecule has 7 nitrogen and oxygen atoms in total. The highest BCUT2D eigenvalue weighted by Crippen LogP contribution is 2.21. The Hall–Kier alpha value is -2.58. The van der Waals surface area contributed by atoms with E-state index in [1.807, 2.05) is 39.0 Å². The summed E-state index contributed by atoms with van der Waals surface area (Å²) in [5, 5.41) is 3.49. The van der Waals surface area contributed by atoms with E-state index in [-0.39, 0.29) is 37.4 Å². The molecule has 0 aliphatic heterocycles. The second-order valence-electron chi connectivity index (χ2n) is 9.10. The van der Waals surface area contributed by atoms with Crippen molar-refractivity contribution >= 4 is 39.1 Å². The van der Waals surface area contributed by atoms with Crippen LogP contribution >= 0.6 is 11.6 Å². The molecule has 0 unspecified atom stereocenters. The Balaban J connectivity index is 2.17. The van der Waals surface area contributed by atoms with Crippen molar-refractivity contribution in [2.24, 2.45) is 0 Å². The van der Waals surface area contributed by atoms with E-state index in [0.29, 0.717) is 17.1 Å². The molecule has 0 saturated carbocycles. The molecule has 9 heteroatoms. The van der Waals surface area contributed by atoms with Gasteiger partial charge in [0.25, 0.3) is 0 Å². The smallest absolute Gasteiger partial charge is 0.242 e. The number of carbonyl (C=O) groups excluding carboxylic acids is 2. The van der Waals surface area contributed by atoms with Gasteiger partial charge in [-0.2, -0.15) is 0 Å². The number of hydrogen-bond donors (Lipinski definition) is 1. The van der Waals surface area contributed by atoms with E-state index in [1.54, 1.807) is 37.3 Å². The molecule has 198 valence electrons. The lowest BCUT2D eigenvalue weighted by Gasteiger charge is -2.30. The van der Waals surface area contributed by atoms with Gasteiger partial charge in [0.05, 0.1) is 11.9 Å². The highest BCUT2D eigenvalue weighted by Gasteiger charge is 2.27. The van der Waals surface area contributed by atoms with Crippen LogP contribution in [0.25, 0.3) is 0 Å². The molecule has 2 aromatic carbocycles. The van der Waals surface area contributed by atoms with E-state index in [0.717, 1.165) is 30.2 Å². The van der Waals surface area contributed by atoms with Crippen molar-refractivity contribution in [2.45, 2.75) is 72.0 Å². The highest BCUT2D eigenvalue weighted by molar-refractivity contribution is 7.92. The fourth-order valence-corrected chi connectivity index (χ4v) is 4.96. The van der Waals surface area contributed by atoms with Gasteiger partial charge in [-0.15, -0.1) is 0 Å². The molecule has 0 bridgehead atoms. The third kappa shape index (κ3) is 8.82. The van der Waals surface area contributed by atoms with Gasteiger partial charge in [0.1, 0.15) is 6.04 Å². The number of carbonyl (C=O) groups is 2. The summed E-state index contributed by atoms with van der Waals surface area (Å²) in [4.78, 5) is 27.7. The lowest BCUT2D eigenvalue weighted by molar-refractivity contribution is -0.140. The maximum absolute atomic E-state index is 13.3. The SMILES string of the molecule is CCc1ccc(N(CCCC(=O)N(Cc2cccc(Cl)c2)[C@@H](C)C(=O)N[C@@H](C)CC)S(C)(=O)=O)cc1. The van der Waals surface area contributed by atoms with Crippen LogP contribution in [0, 0.1) is 0 Å². The Morgan fingerprint density at radius 2 is 1.69 bits per heavy atom. The molecule has 0 aromatic heterocycles. The van der Waals surface area contributed by atoms with Gasteiger partial charge >= 0.3 is 0 Å². The monoisotopic (exact) mass is 535 g/mol. The molecular formula is C27H38ClN3O4S. The minimum atomic E-state index is -3.53. The number of nitrogens with zero attached hydrogens (tertiary/aromatic N) is 2. The van der Waals surface area contributed by atoms with Crippen molar-refractivity contribution in [1.82, 2.24) is 10.2 Å². The van der Waals surface area contributed by atoms with E-state index in [4.69, 9.17) is 11.6 Å². The first kappa shape index (κ1) is 29.6. The van der Waals surface area contributed by atoms with Crippen molar-refractivity contribution in [3.8, 4) is 0 Å². The lowest BCUT2D eigenvalue weighted by Crippen LogP contribution is -2.49. The van der Waals surface area contributed by atoms with Crippen LogP contribution in [0.4, 0.5) is 5.69 Å². The maximum Gasteiger partial charge on any atom is 0.242 e. The molecule has 0 spiro atoms. The standard InChI is InChI=1S/C27H38ClN3O4S/c1-6-20(3)29-27(33)21(4)30(19-23-10-8-11-24(28)18-23)26(32)12-9-17-31(36(5,34)35)25-15-13-22(7-2)14-16-25/h8,10-11,13-16,18,20-21H,6-7,9,12,17,19H2,1-5H3,(H,29,33)/t20-,21-/m0/s1. The maximum atomic E-state index is 13.3. The Labute approximate surface area is 220 Å². The summed E-state index contributed by atoms with van der Waals surface area (Å²) in [6, 6.07) is 13.9. The van der Waals surface area contributed by atoms with E-state index in [2.05, 4.69) is 5.32 Å². The van der Waals surface area contributed by atoms with Gasteiger partial charge in [0.2, 0.25) is 21.8 Å². The molecule has 2 atom stereocenters. The van der Waals surface area contributed by atoms with E-state index >= 15 is 0 Å². The molecule has 0 aliphatic rings. The number of hydrogen-bond acceptors (Lipinski definition) is 4. The number of anilines is 1. The third-order valence-corrected chi connectivity index (χ3v) is 7.62. The summed E-state index contributed by atoms with van der Waals surface area (Å²) >= 11 is 6.13. The molecule has 2 aromatic rings. The Kier molecular flexibility index (Phi) is 11.2. The zero-order chi connectivity index (χ0) is 26.9. The van der Waals surface area contributed by atoms with Crippen molar-refractivity contribution in [2.75, 3.05) is 17.1 Å². The van der Waals surface area contributed by atoms with Gasteiger partial charge in [-0.1, -0.05) is 49.7 Å². The fraction of sp³-hybridized carbons (Fsp3) is 0.481. The molecule has 2 rings (SSSR count). The number of rotatable bonds is 13. The summed E-state index contributed by atoms with van der Waals surface area (Å²) in [6.07, 6.45) is 3.21. The number of nitrogens with one attached hydrogen (secondary N) is 1. The van der Waals surface area contributed by atoms with Crippen molar-refractivity contribution < 1.29 is 18.0 Å². The zero-order valence-corrected chi connectivity index (χ0v) is 23.4. The normalized spacial score (nSPS) is 13.1. The Morgan fingerprint density at radius 1 is 1.03 bits per heavy atom. The van der Waals surface area contributed by atoms with Gasteiger partial charge in [-0.3, -0.25) is 13.9 Å². The molecule has 36 heavy (non-hydrogen) atoms. The first-order valence-electron chi connectivity index (χ1n) is 12.4. The summed E-state index contributed by atoms with van der Waals surface area (Å²) < 4.78 is 26.2. The molecule has 2 amide bonds. The average Bonchev–Trinajstić information content (AvgIpc) is 2.83. The molecular weight excluding hydrogens is 498 g/mol. The van der Waals surface area contributed by atoms with Crippen molar-refractivity contribution in [1.29, 1.82) is 0 Å². The third-order valence-electron chi connectivity index (χ3n) is 6.20. The molecule has 0 radical (unpaired) electrons. The second kappa shape index (κ2) is 13.7. The first-order chi connectivity index (χ1) is 17.0. The van der Waals surface area contributed by atoms with E-state index in [1.165, 1.54) is 9.21 Å². The van der Waals surface area contributed by atoms with Crippen LogP contribution in [0.3, 0.4) is 0 Å². The van der Waals surface area contributed by atoms with Crippen molar-refractivity contribution in [3.05, 3.63) is 64.7 Å². The Morgan fingerprint density at radius 3 is 2.25 bits per heavy atom. The number of sulfonamides is 1. The molecule has 0 heterocycles. The molecule has 0 fully saturated rings. The van der Waals surface area contributed by atoms with Gasteiger partial charge in [-0.05, 0) is 68.5 Å². The number of amides is 2. The van der Waals surface area contributed by atoms with Crippen LogP contribution in [0.15, 0.2) is 48.5 Å². The fourth-order valence-electron chi connectivity index (χ4n) is 3.78. The highest BCUT2D eigenvalue weighted by atomic mass is 35.5. The molecule has 1 N–H and O–H groups in total. The van der Waals surface area contributed by atoms with Crippen LogP contribution in [-0.4, -0.2) is 50.0 Å². The second-order valence-corrected chi connectivity index (χ2v) is 11.4. The lowest BCUT2D eigenvalue weighted by atomic mass is 10.1. The van der Waals surface area contributed by atoms with Gasteiger partial charge in [0.15, 0.2) is 0 Å². The summed E-state index contributed by atoms with van der Waals surface area (Å²) in [7, 11) is -3.53. The van der Waals surface area contributed by atoms with E-state index < -0.39 is 16.1 Å². The number of aryl methyl sites for hydroxylation is 1. The van der Waals surface area contributed by atoms with Gasteiger partial charge < -0.3 is 10.2 Å². The van der Waals surface area contributed by atoms with Crippen LogP contribution in [-0.2, 0) is 32.6 Å². The van der Waals surface area contributed by atoms with E-state index in [9.17, 15) is 18.0 Å². The largest absolute Gasteiger partial charge is 0.352 e. The minimum absolute atomic E-state index is 0.00881. The molecule has 0 saturated heterocycles. The van der Waals surface area contributed by atoms with Crippen LogP contribution in [0.5, 0.6) is 0 Å². The molecule has 0 aliphatic carbocycles. The minimum Gasteiger partial charge on any atom is -0.352 e. The van der Waals surface area contributed by atoms with Gasteiger partial charge in [-0.25, -0.2) is 8.42 Å². The van der Waals surface area contributed by atoms with Gasteiger partial charge in [0, 0.05) is 30.6 Å². The predicted molar refractivity (Wildman–Crippen MR) is 147 cm³/mol. The van der Waals surface area contributed by atoms with Crippen LogP contribution in [0.1, 0.15) is 58.1 Å². The summed E-state index contributed by atoms with van der Waals surface area (Å²) in [5.41, 5.74) is 2.50. The topological polar surface area (TPSA) is 86.8 Å². The zero-order valence-electron chi connectivity index (χ0n) is 21.8. The van der Waals surface area contributed by atoms with Crippen LogP contribution < -0.4 is 9.62 Å². The number of halogens is 1. The quantitative estimate of drug-likeness (QED) is 0.400.